The third kappa shape index (κ3) is 3.88. The van der Waals surface area contributed by atoms with Gasteiger partial charge in [0.1, 0.15) is 0 Å². The van der Waals surface area contributed by atoms with Gasteiger partial charge in [-0.2, -0.15) is 0 Å². The lowest BCUT2D eigenvalue weighted by Gasteiger charge is -2.22. The molecule has 2 aromatic heterocycles. The average molecular weight is 614 g/mol. The molecule has 1 aliphatic rings. The Kier molecular flexibility index (Phi) is 5.63. The first kappa shape index (κ1) is 27.1. The second-order valence-corrected chi connectivity index (χ2v) is 13.5. The smallest absolute Gasteiger partial charge is 0.235 e. The quantitative estimate of drug-likeness (QED) is 0.198. The lowest BCUT2D eigenvalue weighted by Crippen LogP contribution is -2.14. The molecule has 226 valence electrons. The Bertz CT molecular complexity index is 2750. The first-order valence-electron chi connectivity index (χ1n) is 16.6. The molecular formula is C45H31N3. The molecule has 0 saturated heterocycles. The van der Waals surface area contributed by atoms with Crippen molar-refractivity contribution in [3.63, 3.8) is 0 Å². The number of hydrogen-bond donors (Lipinski definition) is 0. The van der Waals surface area contributed by atoms with Gasteiger partial charge in [0.2, 0.25) is 5.95 Å². The van der Waals surface area contributed by atoms with Crippen molar-refractivity contribution in [2.45, 2.75) is 19.3 Å². The van der Waals surface area contributed by atoms with Gasteiger partial charge < -0.3 is 0 Å². The molecule has 1 aliphatic carbocycles. The molecule has 0 radical (unpaired) electrons. The number of para-hydroxylation sites is 1. The summed E-state index contributed by atoms with van der Waals surface area (Å²) in [7, 11) is 0. The van der Waals surface area contributed by atoms with Crippen molar-refractivity contribution in [3.05, 3.63) is 163 Å². The summed E-state index contributed by atoms with van der Waals surface area (Å²) in [4.78, 5) is 10.5. The van der Waals surface area contributed by atoms with Crippen LogP contribution in [0.15, 0.2) is 152 Å². The standard InChI is InChI=1S/C45H31N3/c1-45(2)38-18-10-8-16-33(38)34-22-20-32(26-39(34)45)31-21-23-41-36(25-31)37-24-29-14-6-7-15-30(29)27-42(37)48(41)44-46-40-19-11-9-17-35(40)43(47-44)28-12-4-3-5-13-28/h3-27H,1-2H3. The van der Waals surface area contributed by atoms with E-state index in [1.54, 1.807) is 0 Å². The minimum atomic E-state index is -0.0507. The molecule has 0 N–H and O–H groups in total. The minimum absolute atomic E-state index is 0.0507. The zero-order chi connectivity index (χ0) is 32.0. The molecule has 9 aromatic rings. The highest BCUT2D eigenvalue weighted by molar-refractivity contribution is 6.14. The second-order valence-electron chi connectivity index (χ2n) is 13.5. The van der Waals surface area contributed by atoms with Crippen LogP contribution in [0, 0.1) is 0 Å². The Labute approximate surface area is 278 Å². The molecule has 3 heteroatoms. The highest BCUT2D eigenvalue weighted by Crippen LogP contribution is 2.49. The van der Waals surface area contributed by atoms with E-state index in [-0.39, 0.29) is 5.41 Å². The molecule has 0 saturated carbocycles. The van der Waals surface area contributed by atoms with Crippen molar-refractivity contribution in [2.75, 3.05) is 0 Å². The first-order chi connectivity index (χ1) is 23.5. The van der Waals surface area contributed by atoms with Gasteiger partial charge in [0.15, 0.2) is 0 Å². The fourth-order valence-electron chi connectivity index (χ4n) is 7.96. The van der Waals surface area contributed by atoms with E-state index >= 15 is 0 Å². The molecule has 10 rings (SSSR count). The van der Waals surface area contributed by atoms with Crippen LogP contribution in [0.2, 0.25) is 0 Å². The molecule has 0 fully saturated rings. The molecule has 48 heavy (non-hydrogen) atoms. The molecule has 2 heterocycles. The van der Waals surface area contributed by atoms with Crippen LogP contribution in [0.25, 0.3) is 82.9 Å². The summed E-state index contributed by atoms with van der Waals surface area (Å²) in [5.74, 6) is 0.674. The van der Waals surface area contributed by atoms with Crippen molar-refractivity contribution in [1.82, 2.24) is 14.5 Å². The van der Waals surface area contributed by atoms with Gasteiger partial charge in [-0.1, -0.05) is 129 Å². The van der Waals surface area contributed by atoms with Crippen LogP contribution in [0.1, 0.15) is 25.0 Å². The summed E-state index contributed by atoms with van der Waals surface area (Å²) in [6, 6.07) is 54.7. The zero-order valence-electron chi connectivity index (χ0n) is 26.8. The number of aromatic nitrogens is 3. The third-order valence-electron chi connectivity index (χ3n) is 10.4. The predicted molar refractivity (Wildman–Crippen MR) is 200 cm³/mol. The van der Waals surface area contributed by atoms with E-state index in [1.807, 2.05) is 6.07 Å². The predicted octanol–water partition coefficient (Wildman–Crippen LogP) is 11.5. The first-order valence-corrected chi connectivity index (χ1v) is 16.6. The summed E-state index contributed by atoms with van der Waals surface area (Å²) in [5, 5.41) is 5.84. The Morgan fingerprint density at radius 2 is 1.12 bits per heavy atom. The maximum atomic E-state index is 5.30. The van der Waals surface area contributed by atoms with Crippen molar-refractivity contribution >= 4 is 43.5 Å². The highest BCUT2D eigenvalue weighted by Gasteiger charge is 2.35. The number of hydrogen-bond acceptors (Lipinski definition) is 2. The van der Waals surface area contributed by atoms with Gasteiger partial charge in [-0.15, -0.1) is 0 Å². The number of rotatable bonds is 3. The summed E-state index contributed by atoms with van der Waals surface area (Å²) < 4.78 is 2.25. The van der Waals surface area contributed by atoms with Crippen LogP contribution in [0.3, 0.4) is 0 Å². The monoisotopic (exact) mass is 613 g/mol. The van der Waals surface area contributed by atoms with Gasteiger partial charge in [0.05, 0.1) is 22.2 Å². The Morgan fingerprint density at radius 1 is 0.458 bits per heavy atom. The average Bonchev–Trinajstić information content (AvgIpc) is 3.57. The van der Waals surface area contributed by atoms with Crippen molar-refractivity contribution in [2.24, 2.45) is 0 Å². The van der Waals surface area contributed by atoms with Gasteiger partial charge in [0, 0.05) is 27.1 Å². The third-order valence-corrected chi connectivity index (χ3v) is 10.4. The van der Waals surface area contributed by atoms with E-state index in [4.69, 9.17) is 9.97 Å². The van der Waals surface area contributed by atoms with Crippen LogP contribution in [0.5, 0.6) is 0 Å². The van der Waals surface area contributed by atoms with E-state index < -0.39 is 0 Å². The van der Waals surface area contributed by atoms with Crippen LogP contribution >= 0.6 is 0 Å². The fraction of sp³-hybridized carbons (Fsp3) is 0.0667. The van der Waals surface area contributed by atoms with E-state index in [2.05, 4.69) is 164 Å². The van der Waals surface area contributed by atoms with Crippen LogP contribution in [0.4, 0.5) is 0 Å². The fourth-order valence-corrected chi connectivity index (χ4v) is 7.96. The van der Waals surface area contributed by atoms with Gasteiger partial charge in [0.25, 0.3) is 0 Å². The minimum Gasteiger partial charge on any atom is -0.278 e. The number of nitrogens with zero attached hydrogens (tertiary/aromatic N) is 3. The summed E-state index contributed by atoms with van der Waals surface area (Å²) in [5.41, 5.74) is 13.0. The molecule has 7 aromatic carbocycles. The van der Waals surface area contributed by atoms with Crippen LogP contribution in [-0.2, 0) is 5.41 Å². The Hall–Kier alpha value is -6.06. The van der Waals surface area contributed by atoms with E-state index in [1.165, 1.54) is 54.9 Å². The lowest BCUT2D eigenvalue weighted by atomic mass is 9.81. The topological polar surface area (TPSA) is 30.7 Å². The molecule has 3 nitrogen and oxygen atoms in total. The Morgan fingerprint density at radius 3 is 2.00 bits per heavy atom. The lowest BCUT2D eigenvalue weighted by molar-refractivity contribution is 0.660. The Balaban J connectivity index is 1.23. The normalized spacial score (nSPS) is 13.4. The molecule has 0 atom stereocenters. The van der Waals surface area contributed by atoms with E-state index in [9.17, 15) is 0 Å². The molecule has 0 unspecified atom stereocenters. The van der Waals surface area contributed by atoms with Crippen LogP contribution < -0.4 is 0 Å². The van der Waals surface area contributed by atoms with Gasteiger partial charge in [-0.05, 0) is 80.6 Å². The zero-order valence-corrected chi connectivity index (χ0v) is 26.8. The SMILES string of the molecule is CC1(C)c2ccccc2-c2ccc(-c3ccc4c(c3)c3cc5ccccc5cc3n4-c3nc(-c4ccccc4)c4ccccc4n3)cc21. The van der Waals surface area contributed by atoms with Gasteiger partial charge in [-0.25, -0.2) is 9.97 Å². The highest BCUT2D eigenvalue weighted by atomic mass is 15.2. The maximum Gasteiger partial charge on any atom is 0.235 e. The molecular weight excluding hydrogens is 583 g/mol. The van der Waals surface area contributed by atoms with Crippen molar-refractivity contribution in [1.29, 1.82) is 0 Å². The molecule has 0 bridgehead atoms. The maximum absolute atomic E-state index is 5.30. The van der Waals surface area contributed by atoms with Gasteiger partial charge >= 0.3 is 0 Å². The van der Waals surface area contributed by atoms with E-state index in [0.29, 0.717) is 5.95 Å². The largest absolute Gasteiger partial charge is 0.278 e. The van der Waals surface area contributed by atoms with Crippen molar-refractivity contribution in [3.8, 4) is 39.5 Å². The van der Waals surface area contributed by atoms with Gasteiger partial charge in [-0.3, -0.25) is 4.57 Å². The number of fused-ring (bicyclic) bond motifs is 8. The summed E-state index contributed by atoms with van der Waals surface area (Å²) in [6.07, 6.45) is 0. The number of benzene rings is 7. The molecule has 0 aliphatic heterocycles. The molecule has 0 spiro atoms. The summed E-state index contributed by atoms with van der Waals surface area (Å²) in [6.45, 7) is 4.69. The van der Waals surface area contributed by atoms with E-state index in [0.717, 1.165) is 33.2 Å². The van der Waals surface area contributed by atoms with Crippen molar-refractivity contribution < 1.29 is 0 Å². The second kappa shape index (κ2) is 9.97. The summed E-state index contributed by atoms with van der Waals surface area (Å²) >= 11 is 0. The van der Waals surface area contributed by atoms with Crippen LogP contribution in [-0.4, -0.2) is 14.5 Å². The molecule has 0 amide bonds.